The van der Waals surface area contributed by atoms with E-state index in [1.807, 2.05) is 18.3 Å². The van der Waals surface area contributed by atoms with Gasteiger partial charge >= 0.3 is 6.18 Å². The zero-order valence-electron chi connectivity index (χ0n) is 26.1. The number of sulfone groups is 1. The number of likely N-dealkylation sites (tertiary alicyclic amines) is 1. The third-order valence-electron chi connectivity index (χ3n) is 7.95. The van der Waals surface area contributed by atoms with Crippen LogP contribution in [0.2, 0.25) is 0 Å². The average Bonchev–Trinajstić information content (AvgIpc) is 3.41. The number of benzene rings is 2. The molecular formula is C33H35F3N6O4S. The molecule has 0 spiro atoms. The lowest BCUT2D eigenvalue weighted by Crippen LogP contribution is -2.49. The largest absolute Gasteiger partial charge is 0.495 e. The van der Waals surface area contributed by atoms with Crippen LogP contribution < -0.4 is 15.4 Å². The number of ether oxygens (including phenoxy) is 1. The minimum atomic E-state index is -4.50. The van der Waals surface area contributed by atoms with Crippen molar-refractivity contribution >= 4 is 32.5 Å². The Hall–Kier alpha value is -4.61. The number of hydrogen-bond acceptors (Lipinski definition) is 8. The number of methoxy groups -OCH3 is 1. The summed E-state index contributed by atoms with van der Waals surface area (Å²) in [6.07, 6.45) is 1.94. The monoisotopic (exact) mass is 668 g/mol. The predicted molar refractivity (Wildman–Crippen MR) is 172 cm³/mol. The lowest BCUT2D eigenvalue weighted by molar-refractivity contribution is -0.139. The number of rotatable bonds is 9. The normalized spacial score (nSPS) is 17.1. The van der Waals surface area contributed by atoms with Gasteiger partial charge in [0.05, 0.1) is 41.6 Å². The van der Waals surface area contributed by atoms with Crippen LogP contribution in [0, 0.1) is 17.8 Å². The molecule has 0 unspecified atom stereocenters. The van der Waals surface area contributed by atoms with Gasteiger partial charge in [0.25, 0.3) is 5.91 Å². The number of amides is 1. The number of aromatic nitrogens is 3. The molecule has 10 nitrogen and oxygen atoms in total. The maximum atomic E-state index is 13.7. The van der Waals surface area contributed by atoms with E-state index < -0.39 is 28.5 Å². The highest BCUT2D eigenvalue weighted by molar-refractivity contribution is 7.90. The number of fused-ring (bicyclic) bond motifs is 1. The Bertz CT molecular complexity index is 1920. The minimum Gasteiger partial charge on any atom is -0.495 e. The summed E-state index contributed by atoms with van der Waals surface area (Å²) in [5, 5.41) is 6.11. The van der Waals surface area contributed by atoms with Crippen LogP contribution in [0.25, 0.3) is 11.0 Å². The fourth-order valence-corrected chi connectivity index (χ4v) is 6.30. The molecule has 2 N–H and O–H groups in total. The van der Waals surface area contributed by atoms with Crippen LogP contribution in [0.15, 0.2) is 66.1 Å². The van der Waals surface area contributed by atoms with E-state index in [1.54, 1.807) is 6.20 Å². The molecule has 0 saturated carbocycles. The minimum absolute atomic E-state index is 0.0556. The molecule has 1 fully saturated rings. The molecule has 14 heteroatoms. The third kappa shape index (κ3) is 8.60. The molecule has 2 aromatic carbocycles. The smallest absolute Gasteiger partial charge is 0.406 e. The van der Waals surface area contributed by atoms with Crippen molar-refractivity contribution in [2.75, 3.05) is 38.3 Å². The molecule has 5 rings (SSSR count). The molecule has 4 aromatic rings. The number of carbonyl (C=O) groups is 1. The number of pyridine rings is 1. The molecule has 0 bridgehead atoms. The lowest BCUT2D eigenvalue weighted by Gasteiger charge is -2.37. The van der Waals surface area contributed by atoms with Gasteiger partial charge in [0, 0.05) is 49.9 Å². The van der Waals surface area contributed by atoms with Gasteiger partial charge in [-0.3, -0.25) is 14.7 Å². The number of nitrogens with zero attached hydrogens (tertiary/aromatic N) is 4. The number of anilines is 1. The average molecular weight is 669 g/mol. The van der Waals surface area contributed by atoms with Crippen molar-refractivity contribution in [1.29, 1.82) is 0 Å². The Morgan fingerprint density at radius 3 is 2.68 bits per heavy atom. The SMILES string of the molecule is COc1ccc(S(C)(=O)=O)cc1NCC#Cc1cc(C(=O)N[C@H]2CCN(Cc3cccnc3)C[C@@H]2C)c2ncn(CC(F)(F)F)c2c1. The molecule has 1 aliphatic heterocycles. The van der Waals surface area contributed by atoms with E-state index in [-0.39, 0.29) is 40.0 Å². The first-order valence-corrected chi connectivity index (χ1v) is 16.8. The maximum Gasteiger partial charge on any atom is 0.406 e. The van der Waals surface area contributed by atoms with Crippen LogP contribution in [0.1, 0.15) is 34.8 Å². The van der Waals surface area contributed by atoms with Gasteiger partial charge in [0.15, 0.2) is 9.84 Å². The third-order valence-corrected chi connectivity index (χ3v) is 9.06. The predicted octanol–water partition coefficient (Wildman–Crippen LogP) is 4.51. The second-order valence-electron chi connectivity index (χ2n) is 11.6. The van der Waals surface area contributed by atoms with Crippen LogP contribution in [-0.4, -0.2) is 79.0 Å². The summed E-state index contributed by atoms with van der Waals surface area (Å²) in [7, 11) is -2.01. The van der Waals surface area contributed by atoms with Crippen LogP contribution >= 0.6 is 0 Å². The van der Waals surface area contributed by atoms with Crippen LogP contribution in [0.3, 0.4) is 0 Å². The van der Waals surface area contributed by atoms with Gasteiger partial charge in [0.2, 0.25) is 0 Å². The van der Waals surface area contributed by atoms with Crippen molar-refractivity contribution in [3.8, 4) is 17.6 Å². The van der Waals surface area contributed by atoms with Crippen molar-refractivity contribution in [3.63, 3.8) is 0 Å². The fourth-order valence-electron chi connectivity index (χ4n) is 5.66. The van der Waals surface area contributed by atoms with Crippen LogP contribution in [0.4, 0.5) is 18.9 Å². The van der Waals surface area contributed by atoms with E-state index in [0.29, 0.717) is 23.4 Å². The Morgan fingerprint density at radius 1 is 1.19 bits per heavy atom. The Kier molecular flexibility index (Phi) is 10.1. The maximum absolute atomic E-state index is 13.7. The fraction of sp³-hybridized carbons (Fsp3) is 0.364. The van der Waals surface area contributed by atoms with Crippen molar-refractivity contribution < 1.29 is 31.1 Å². The summed E-state index contributed by atoms with van der Waals surface area (Å²) in [6.45, 7) is 3.11. The Labute approximate surface area is 271 Å². The van der Waals surface area contributed by atoms with Gasteiger partial charge in [0.1, 0.15) is 17.8 Å². The Balaban J connectivity index is 1.36. The van der Waals surface area contributed by atoms with Gasteiger partial charge < -0.3 is 19.9 Å². The van der Waals surface area contributed by atoms with E-state index in [9.17, 15) is 26.4 Å². The molecule has 1 amide bonds. The highest BCUT2D eigenvalue weighted by atomic mass is 32.2. The number of carbonyl (C=O) groups excluding carboxylic acids is 1. The summed E-state index contributed by atoms with van der Waals surface area (Å²) in [5.74, 6) is 5.92. The van der Waals surface area contributed by atoms with Crippen molar-refractivity contribution in [2.45, 2.75) is 43.5 Å². The van der Waals surface area contributed by atoms with Crippen molar-refractivity contribution in [2.24, 2.45) is 5.92 Å². The molecule has 0 radical (unpaired) electrons. The van der Waals surface area contributed by atoms with E-state index in [0.717, 1.165) is 42.3 Å². The van der Waals surface area contributed by atoms with Gasteiger partial charge in [-0.05, 0) is 54.3 Å². The van der Waals surface area contributed by atoms with E-state index in [1.165, 1.54) is 37.4 Å². The number of piperidine rings is 1. The zero-order chi connectivity index (χ0) is 33.8. The second kappa shape index (κ2) is 14.0. The standard InChI is InChI=1S/C33H35F3N6O4S/c1-22-18-41(19-24-7-4-11-37-17-24)13-10-27(22)40-32(43)26-14-23(15-29-31(26)39-21-42(29)20-33(34,35)36)6-5-12-38-28-16-25(47(3,44)45)8-9-30(28)46-2/h4,7-9,11,14-17,21-22,27,38H,10,12-13,18-20H2,1-3H3,(H,40,43)/t22-,27-/m0/s1. The number of hydrogen-bond donors (Lipinski definition) is 2. The number of halogens is 3. The molecular weight excluding hydrogens is 633 g/mol. The van der Waals surface area contributed by atoms with E-state index >= 15 is 0 Å². The number of imidazole rings is 1. The van der Waals surface area contributed by atoms with Crippen molar-refractivity contribution in [1.82, 2.24) is 24.8 Å². The van der Waals surface area contributed by atoms with E-state index in [4.69, 9.17) is 4.74 Å². The molecule has 2 aromatic heterocycles. The van der Waals surface area contributed by atoms with Crippen molar-refractivity contribution in [3.05, 3.63) is 77.9 Å². The highest BCUT2D eigenvalue weighted by Crippen LogP contribution is 2.28. The molecule has 0 aliphatic carbocycles. The summed E-state index contributed by atoms with van der Waals surface area (Å²) in [6, 6.07) is 11.2. The first-order valence-electron chi connectivity index (χ1n) is 14.9. The summed E-state index contributed by atoms with van der Waals surface area (Å²) in [5.41, 5.74) is 2.25. The van der Waals surface area contributed by atoms with Gasteiger partial charge in [-0.2, -0.15) is 13.2 Å². The zero-order valence-corrected chi connectivity index (χ0v) is 27.0. The highest BCUT2D eigenvalue weighted by Gasteiger charge is 2.31. The molecule has 1 aliphatic rings. The summed E-state index contributed by atoms with van der Waals surface area (Å²) >= 11 is 0. The van der Waals surface area contributed by atoms with E-state index in [2.05, 4.69) is 44.3 Å². The molecule has 3 heterocycles. The molecule has 47 heavy (non-hydrogen) atoms. The van der Waals surface area contributed by atoms with Crippen LogP contribution in [-0.2, 0) is 22.9 Å². The van der Waals surface area contributed by atoms with Gasteiger partial charge in [-0.25, -0.2) is 13.4 Å². The first-order chi connectivity index (χ1) is 22.3. The number of alkyl halides is 3. The summed E-state index contributed by atoms with van der Waals surface area (Å²) < 4.78 is 70.4. The van der Waals surface area contributed by atoms with Gasteiger partial charge in [-0.1, -0.05) is 24.8 Å². The first kappa shape index (κ1) is 33.7. The van der Waals surface area contributed by atoms with Crippen LogP contribution in [0.5, 0.6) is 5.75 Å². The molecule has 1 saturated heterocycles. The number of nitrogens with one attached hydrogen (secondary N) is 2. The topological polar surface area (TPSA) is 118 Å². The Morgan fingerprint density at radius 2 is 2.00 bits per heavy atom. The molecule has 2 atom stereocenters. The van der Waals surface area contributed by atoms with Gasteiger partial charge in [-0.15, -0.1) is 0 Å². The quantitative estimate of drug-likeness (QED) is 0.250. The molecule has 248 valence electrons. The summed E-state index contributed by atoms with van der Waals surface area (Å²) in [4.78, 5) is 24.4. The second-order valence-corrected chi connectivity index (χ2v) is 13.6. The lowest BCUT2D eigenvalue weighted by atomic mass is 9.93.